The van der Waals surface area contributed by atoms with Crippen molar-refractivity contribution in [1.82, 2.24) is 0 Å². The third-order valence-corrected chi connectivity index (χ3v) is 3.27. The first-order valence-corrected chi connectivity index (χ1v) is 11.9. The summed E-state index contributed by atoms with van der Waals surface area (Å²) in [6, 6.07) is 23.8. The van der Waals surface area contributed by atoms with Crippen LogP contribution in [0.25, 0.3) is 0 Å². The molecule has 8 heteroatoms. The van der Waals surface area contributed by atoms with Crippen LogP contribution in [0.3, 0.4) is 0 Å². The van der Waals surface area contributed by atoms with E-state index in [4.69, 9.17) is 43.2 Å². The summed E-state index contributed by atoms with van der Waals surface area (Å²) in [5.41, 5.74) is 0.310. The zero-order valence-electron chi connectivity index (χ0n) is 14.3. The lowest BCUT2D eigenvalue weighted by molar-refractivity contribution is 0.0692. The van der Waals surface area contributed by atoms with E-state index in [1.165, 1.54) is 12.1 Å². The number of para-hydroxylation sites is 2. The molecule has 0 saturated carbocycles. The Hall–Kier alpha value is -2.10. The molecule has 0 atom stereocenters. The van der Waals surface area contributed by atoms with Gasteiger partial charge >= 0.3 is 11.9 Å². The van der Waals surface area contributed by atoms with Crippen molar-refractivity contribution in [2.75, 3.05) is 0 Å². The second-order valence-corrected chi connectivity index (χ2v) is 10.1. The molecule has 3 aromatic carbocycles. The topological polar surface area (TPSA) is 52.6 Å². The Balaban J connectivity index is 0.000000640. The summed E-state index contributed by atoms with van der Waals surface area (Å²) in [5.74, 6) is -1.60. The molecule has 0 aromatic heterocycles. The number of hydrogen-bond acceptors (Lipinski definition) is 4. The van der Waals surface area contributed by atoms with Gasteiger partial charge < -0.3 is 9.47 Å². The summed E-state index contributed by atoms with van der Waals surface area (Å²) < 4.78 is 10.6. The van der Waals surface area contributed by atoms with Gasteiger partial charge in [0, 0.05) is 0 Å². The molecule has 0 aliphatic rings. The Morgan fingerprint density at radius 3 is 1.18 bits per heavy atom. The van der Waals surface area contributed by atoms with Gasteiger partial charge in [0.05, 0.1) is 11.1 Å². The van der Waals surface area contributed by atoms with Crippen molar-refractivity contribution >= 4 is 51.6 Å². The fraction of sp³-hybridized carbons (Fsp3) is 0. The number of esters is 2. The molecule has 0 radical (unpaired) electrons. The summed E-state index contributed by atoms with van der Waals surface area (Å²) in [6.07, 6.45) is 0. The smallest absolute Gasteiger partial charge is 0.344 e. The molecule has 3 rings (SSSR count). The predicted octanol–water partition coefficient (Wildman–Crippen LogP) is 7.05. The van der Waals surface area contributed by atoms with E-state index in [0.717, 1.165) is 0 Å². The first-order chi connectivity index (χ1) is 13.5. The van der Waals surface area contributed by atoms with Crippen molar-refractivity contribution in [2.24, 2.45) is 0 Å². The van der Waals surface area contributed by atoms with Gasteiger partial charge in [0.25, 0.3) is 0 Å². The van der Waals surface area contributed by atoms with Crippen LogP contribution in [0.5, 0.6) is 11.5 Å². The van der Waals surface area contributed by atoms with Gasteiger partial charge in [-0.05, 0) is 36.4 Å². The zero-order valence-corrected chi connectivity index (χ0v) is 17.5. The van der Waals surface area contributed by atoms with Crippen molar-refractivity contribution in [1.29, 1.82) is 0 Å². The normalized spacial score (nSPS) is 9.86. The molecule has 0 N–H and O–H groups in total. The maximum absolute atomic E-state index is 12.4. The number of hydrogen-bond donors (Lipinski definition) is 0. The van der Waals surface area contributed by atoms with Crippen LogP contribution in [-0.2, 0) is 0 Å². The van der Waals surface area contributed by atoms with E-state index in [1.54, 1.807) is 60.7 Å². The standard InChI is InChI=1S/C20H14O4.Cl3P/c21-19(23-15-9-3-1-4-10-15)17-13-7-8-14-18(17)20(22)24-16-11-5-2-6-12-16;1-4(2)3/h1-14H;. The van der Waals surface area contributed by atoms with Gasteiger partial charge in [-0.25, -0.2) is 9.59 Å². The van der Waals surface area contributed by atoms with E-state index in [9.17, 15) is 9.59 Å². The Morgan fingerprint density at radius 2 is 0.857 bits per heavy atom. The Labute approximate surface area is 178 Å². The molecule has 0 heterocycles. The Bertz CT molecular complexity index is 830. The minimum atomic E-state index is -1.20. The van der Waals surface area contributed by atoms with Crippen molar-refractivity contribution < 1.29 is 19.1 Å². The van der Waals surface area contributed by atoms with Gasteiger partial charge in [0.1, 0.15) is 11.5 Å². The number of ether oxygens (including phenoxy) is 2. The van der Waals surface area contributed by atoms with Crippen molar-refractivity contribution in [3.05, 3.63) is 96.1 Å². The molecule has 0 saturated heterocycles. The Morgan fingerprint density at radius 1 is 0.571 bits per heavy atom. The molecule has 0 aliphatic heterocycles. The maximum Gasteiger partial charge on any atom is 0.344 e. The summed E-state index contributed by atoms with van der Waals surface area (Å²) in [6.45, 7) is 0. The monoisotopic (exact) mass is 454 g/mol. The average Bonchev–Trinajstić information content (AvgIpc) is 2.69. The lowest BCUT2D eigenvalue weighted by Crippen LogP contribution is -2.17. The van der Waals surface area contributed by atoms with Crippen LogP contribution >= 0.6 is 39.7 Å². The third-order valence-electron chi connectivity index (χ3n) is 3.27. The predicted molar refractivity (Wildman–Crippen MR) is 114 cm³/mol. The largest absolute Gasteiger partial charge is 0.423 e. The first-order valence-electron chi connectivity index (χ1n) is 7.88. The molecule has 0 spiro atoms. The minimum Gasteiger partial charge on any atom is -0.423 e. The second kappa shape index (κ2) is 11.7. The molecule has 3 aromatic rings. The summed E-state index contributed by atoms with van der Waals surface area (Å²) in [7, 11) is 0. The summed E-state index contributed by atoms with van der Waals surface area (Å²) >= 11 is 14.6. The average molecular weight is 456 g/mol. The number of halogens is 3. The lowest BCUT2D eigenvalue weighted by Gasteiger charge is -2.09. The molecule has 144 valence electrons. The van der Waals surface area contributed by atoms with E-state index in [1.807, 2.05) is 12.1 Å². The van der Waals surface area contributed by atoms with Gasteiger partial charge in [0.15, 0.2) is 5.98 Å². The van der Waals surface area contributed by atoms with Crippen LogP contribution in [0.15, 0.2) is 84.9 Å². The van der Waals surface area contributed by atoms with Gasteiger partial charge in [-0.1, -0.05) is 82.3 Å². The molecule has 0 amide bonds. The van der Waals surface area contributed by atoms with Crippen LogP contribution in [-0.4, -0.2) is 11.9 Å². The SMILES string of the molecule is ClP(Cl)Cl.O=C(Oc1ccccc1)c1ccccc1C(=O)Oc1ccccc1. The van der Waals surface area contributed by atoms with Crippen LogP contribution in [0.2, 0.25) is 0 Å². The van der Waals surface area contributed by atoms with Crippen LogP contribution < -0.4 is 9.47 Å². The van der Waals surface area contributed by atoms with E-state index < -0.39 is 17.9 Å². The zero-order chi connectivity index (χ0) is 20.4. The number of carbonyl (C=O) groups is 2. The van der Waals surface area contributed by atoms with Crippen molar-refractivity contribution in [3.63, 3.8) is 0 Å². The highest BCUT2D eigenvalue weighted by Gasteiger charge is 2.20. The van der Waals surface area contributed by atoms with Crippen LogP contribution in [0, 0.1) is 0 Å². The van der Waals surface area contributed by atoms with Gasteiger partial charge in [-0.2, -0.15) is 0 Å². The van der Waals surface area contributed by atoms with E-state index in [-0.39, 0.29) is 11.1 Å². The second-order valence-electron chi connectivity index (χ2n) is 5.14. The third kappa shape index (κ3) is 7.49. The van der Waals surface area contributed by atoms with E-state index in [2.05, 4.69) is 0 Å². The number of benzene rings is 3. The first kappa shape index (κ1) is 22.2. The molecule has 0 bridgehead atoms. The molecule has 0 unspecified atom stereocenters. The summed E-state index contributed by atoms with van der Waals surface area (Å²) in [5, 5.41) is 0. The van der Waals surface area contributed by atoms with Crippen LogP contribution in [0.1, 0.15) is 20.7 Å². The van der Waals surface area contributed by atoms with Crippen molar-refractivity contribution in [2.45, 2.75) is 0 Å². The fourth-order valence-electron chi connectivity index (χ4n) is 2.14. The minimum absolute atomic E-state index is 0.155. The number of carbonyl (C=O) groups excluding carboxylic acids is 2. The van der Waals surface area contributed by atoms with Gasteiger partial charge in [-0.3, -0.25) is 0 Å². The molecular weight excluding hydrogens is 442 g/mol. The van der Waals surface area contributed by atoms with Gasteiger partial charge in [0.2, 0.25) is 0 Å². The van der Waals surface area contributed by atoms with E-state index in [0.29, 0.717) is 11.5 Å². The number of rotatable bonds is 4. The van der Waals surface area contributed by atoms with Gasteiger partial charge in [-0.15, -0.1) is 0 Å². The molecular formula is C20H14Cl3O4P. The molecule has 4 nitrogen and oxygen atoms in total. The van der Waals surface area contributed by atoms with E-state index >= 15 is 0 Å². The molecule has 28 heavy (non-hydrogen) atoms. The fourth-order valence-corrected chi connectivity index (χ4v) is 2.14. The molecule has 0 fully saturated rings. The lowest BCUT2D eigenvalue weighted by atomic mass is 10.1. The quantitative estimate of drug-likeness (QED) is 0.240. The highest BCUT2D eigenvalue weighted by molar-refractivity contribution is 8.20. The summed E-state index contributed by atoms with van der Waals surface area (Å²) in [4.78, 5) is 24.7. The van der Waals surface area contributed by atoms with Crippen LogP contribution in [0.4, 0.5) is 0 Å². The van der Waals surface area contributed by atoms with Crippen molar-refractivity contribution in [3.8, 4) is 11.5 Å². The Kier molecular flexibility index (Phi) is 9.26. The molecule has 0 aliphatic carbocycles. The maximum atomic E-state index is 12.4. The highest BCUT2D eigenvalue weighted by Crippen LogP contribution is 2.51. The highest BCUT2D eigenvalue weighted by atomic mass is 36.0.